The van der Waals surface area contributed by atoms with E-state index >= 15 is 0 Å². The van der Waals surface area contributed by atoms with Gasteiger partial charge in [-0.1, -0.05) is 5.16 Å². The Kier molecular flexibility index (Phi) is 2.43. The van der Waals surface area contributed by atoms with E-state index in [0.717, 1.165) is 11.1 Å². The van der Waals surface area contributed by atoms with Crippen LogP contribution >= 0.6 is 0 Å². The van der Waals surface area contributed by atoms with Gasteiger partial charge in [-0.15, -0.1) is 0 Å². The van der Waals surface area contributed by atoms with Crippen LogP contribution in [-0.4, -0.2) is 20.1 Å². The van der Waals surface area contributed by atoms with Crippen LogP contribution in [-0.2, 0) is 0 Å². The minimum atomic E-state index is 0.128. The van der Waals surface area contributed by atoms with Crippen molar-refractivity contribution < 1.29 is 8.94 Å². The number of oxazole rings is 1. The fourth-order valence-corrected chi connectivity index (χ4v) is 2.03. The largest absolute Gasteiger partial charge is 0.424 e. The minimum Gasteiger partial charge on any atom is -0.424 e. The Bertz CT molecular complexity index is 913. The highest BCUT2D eigenvalue weighted by Crippen LogP contribution is 2.26. The van der Waals surface area contributed by atoms with Crippen LogP contribution in [0.2, 0.25) is 0 Å². The first-order valence-corrected chi connectivity index (χ1v) is 6.20. The highest BCUT2D eigenvalue weighted by Gasteiger charge is 2.12. The van der Waals surface area contributed by atoms with Gasteiger partial charge in [-0.05, 0) is 30.3 Å². The van der Waals surface area contributed by atoms with Crippen LogP contribution in [0.4, 0.5) is 6.01 Å². The average Bonchev–Trinajstić information content (AvgIpc) is 3.12. The monoisotopic (exact) mass is 279 g/mol. The van der Waals surface area contributed by atoms with Gasteiger partial charge in [0.05, 0.1) is 0 Å². The van der Waals surface area contributed by atoms with E-state index in [9.17, 15) is 0 Å². The number of benzene rings is 1. The highest BCUT2D eigenvalue weighted by molar-refractivity contribution is 5.79. The first-order chi connectivity index (χ1) is 10.3. The first-order valence-electron chi connectivity index (χ1n) is 6.20. The van der Waals surface area contributed by atoms with E-state index in [2.05, 4.69) is 20.1 Å². The molecule has 1 aromatic carbocycles. The molecule has 2 N–H and O–H groups in total. The van der Waals surface area contributed by atoms with Crippen molar-refractivity contribution in [1.82, 2.24) is 20.1 Å². The highest BCUT2D eigenvalue weighted by atomic mass is 16.5. The van der Waals surface area contributed by atoms with Gasteiger partial charge < -0.3 is 14.7 Å². The molecule has 0 spiro atoms. The molecule has 0 saturated heterocycles. The number of hydrogen-bond donors (Lipinski definition) is 1. The van der Waals surface area contributed by atoms with Gasteiger partial charge in [-0.3, -0.25) is 4.98 Å². The standard InChI is InChI=1S/C14H9N5O2/c15-14-17-10-4-3-8(6-11(10)20-14)13-18-12(19-21-13)9-2-1-5-16-7-9/h1-7H,(H2,15,17). The Morgan fingerprint density at radius 3 is 2.86 bits per heavy atom. The van der Waals surface area contributed by atoms with Crippen LogP contribution in [0, 0.1) is 0 Å². The Labute approximate surface area is 118 Å². The second kappa shape index (κ2) is 4.41. The number of anilines is 1. The minimum absolute atomic E-state index is 0.128. The third-order valence-corrected chi connectivity index (χ3v) is 3.00. The van der Waals surface area contributed by atoms with Gasteiger partial charge in [0.25, 0.3) is 11.9 Å². The molecule has 0 saturated carbocycles. The summed E-state index contributed by atoms with van der Waals surface area (Å²) < 4.78 is 10.6. The lowest BCUT2D eigenvalue weighted by Gasteiger charge is -1.93. The van der Waals surface area contributed by atoms with Gasteiger partial charge >= 0.3 is 0 Å². The van der Waals surface area contributed by atoms with Crippen LogP contribution in [0.15, 0.2) is 51.7 Å². The van der Waals surface area contributed by atoms with Gasteiger partial charge in [0.15, 0.2) is 5.58 Å². The molecule has 21 heavy (non-hydrogen) atoms. The van der Waals surface area contributed by atoms with Gasteiger partial charge in [0.2, 0.25) is 5.82 Å². The zero-order chi connectivity index (χ0) is 14.2. The van der Waals surface area contributed by atoms with E-state index in [1.54, 1.807) is 24.5 Å². The van der Waals surface area contributed by atoms with E-state index in [-0.39, 0.29) is 6.01 Å². The van der Waals surface area contributed by atoms with Crippen LogP contribution in [0.1, 0.15) is 0 Å². The molecule has 0 radical (unpaired) electrons. The van der Waals surface area contributed by atoms with E-state index in [4.69, 9.17) is 14.7 Å². The van der Waals surface area contributed by atoms with Gasteiger partial charge in [-0.25, -0.2) is 0 Å². The first kappa shape index (κ1) is 11.6. The van der Waals surface area contributed by atoms with Crippen molar-refractivity contribution in [2.24, 2.45) is 0 Å². The van der Waals surface area contributed by atoms with Crippen molar-refractivity contribution in [3.63, 3.8) is 0 Å². The molecule has 4 rings (SSSR count). The fraction of sp³-hybridized carbons (Fsp3) is 0. The van der Waals surface area contributed by atoms with Crippen molar-refractivity contribution >= 4 is 17.1 Å². The van der Waals surface area contributed by atoms with E-state index in [1.165, 1.54) is 0 Å². The summed E-state index contributed by atoms with van der Waals surface area (Å²) in [5, 5.41) is 3.95. The summed E-state index contributed by atoms with van der Waals surface area (Å²) in [5.74, 6) is 0.876. The predicted molar refractivity (Wildman–Crippen MR) is 74.9 cm³/mol. The third-order valence-electron chi connectivity index (χ3n) is 3.00. The summed E-state index contributed by atoms with van der Waals surface area (Å²) in [7, 11) is 0. The maximum absolute atomic E-state index is 5.52. The van der Waals surface area contributed by atoms with Crippen molar-refractivity contribution in [2.75, 3.05) is 5.73 Å². The smallest absolute Gasteiger partial charge is 0.292 e. The SMILES string of the molecule is Nc1nc2ccc(-c3nc(-c4cccnc4)no3)cc2o1. The summed E-state index contributed by atoms with van der Waals surface area (Å²) in [6.45, 7) is 0. The zero-order valence-corrected chi connectivity index (χ0v) is 10.7. The molecule has 0 aliphatic carbocycles. The van der Waals surface area contributed by atoms with Gasteiger partial charge in [-0.2, -0.15) is 9.97 Å². The maximum Gasteiger partial charge on any atom is 0.292 e. The molecule has 7 nitrogen and oxygen atoms in total. The molecule has 102 valence electrons. The molecule has 0 aliphatic rings. The number of nitrogens with two attached hydrogens (primary N) is 1. The van der Waals surface area contributed by atoms with Crippen LogP contribution < -0.4 is 5.73 Å². The summed E-state index contributed by atoms with van der Waals surface area (Å²) in [4.78, 5) is 12.4. The molecular weight excluding hydrogens is 270 g/mol. The lowest BCUT2D eigenvalue weighted by Crippen LogP contribution is -1.82. The molecule has 7 heteroatoms. The van der Waals surface area contributed by atoms with Crippen molar-refractivity contribution in [3.8, 4) is 22.8 Å². The van der Waals surface area contributed by atoms with Crippen molar-refractivity contribution in [2.45, 2.75) is 0 Å². The number of pyridine rings is 1. The quantitative estimate of drug-likeness (QED) is 0.601. The Morgan fingerprint density at radius 1 is 1.05 bits per heavy atom. The number of nitrogen functional groups attached to an aromatic ring is 1. The topological polar surface area (TPSA) is 104 Å². The van der Waals surface area contributed by atoms with Crippen molar-refractivity contribution in [1.29, 1.82) is 0 Å². The summed E-state index contributed by atoms with van der Waals surface area (Å²) >= 11 is 0. The average molecular weight is 279 g/mol. The Balaban J connectivity index is 1.77. The molecule has 0 bridgehead atoms. The maximum atomic E-state index is 5.52. The lowest BCUT2D eigenvalue weighted by atomic mass is 10.2. The molecular formula is C14H9N5O2. The van der Waals surface area contributed by atoms with Crippen LogP contribution in [0.3, 0.4) is 0 Å². The molecule has 0 atom stereocenters. The number of aromatic nitrogens is 4. The molecule has 0 fully saturated rings. The molecule has 0 aliphatic heterocycles. The second-order valence-corrected chi connectivity index (χ2v) is 4.40. The van der Waals surface area contributed by atoms with E-state index < -0.39 is 0 Å². The molecule has 0 unspecified atom stereocenters. The van der Waals surface area contributed by atoms with Crippen molar-refractivity contribution in [3.05, 3.63) is 42.7 Å². The lowest BCUT2D eigenvalue weighted by molar-refractivity contribution is 0.432. The van der Waals surface area contributed by atoms with Gasteiger partial charge in [0, 0.05) is 23.5 Å². The molecule has 4 aromatic rings. The van der Waals surface area contributed by atoms with Crippen LogP contribution in [0.5, 0.6) is 0 Å². The normalized spacial score (nSPS) is 11.0. The summed E-state index contributed by atoms with van der Waals surface area (Å²) in [5.41, 5.74) is 8.31. The van der Waals surface area contributed by atoms with Crippen LogP contribution in [0.25, 0.3) is 33.9 Å². The Morgan fingerprint density at radius 2 is 2.00 bits per heavy atom. The summed E-state index contributed by atoms with van der Waals surface area (Å²) in [6, 6.07) is 9.18. The fourth-order valence-electron chi connectivity index (χ4n) is 2.03. The van der Waals surface area contributed by atoms with E-state index in [0.29, 0.717) is 22.8 Å². The molecule has 3 heterocycles. The number of hydrogen-bond acceptors (Lipinski definition) is 7. The predicted octanol–water partition coefficient (Wildman–Crippen LogP) is 2.52. The second-order valence-electron chi connectivity index (χ2n) is 4.40. The molecule has 0 amide bonds. The number of nitrogens with zero attached hydrogens (tertiary/aromatic N) is 4. The summed E-state index contributed by atoms with van der Waals surface area (Å²) in [6.07, 6.45) is 3.36. The zero-order valence-electron chi connectivity index (χ0n) is 10.7. The Hall–Kier alpha value is -3.22. The van der Waals surface area contributed by atoms with E-state index in [1.807, 2.05) is 18.2 Å². The third kappa shape index (κ3) is 2.00. The molecule has 3 aromatic heterocycles. The van der Waals surface area contributed by atoms with Gasteiger partial charge in [0.1, 0.15) is 5.52 Å². The number of fused-ring (bicyclic) bond motifs is 1. The number of rotatable bonds is 2.